The highest BCUT2D eigenvalue weighted by Gasteiger charge is 2.21. The molecule has 148 valence electrons. The molecular formula is C21H24ClN3O3. The van der Waals surface area contributed by atoms with Crippen LogP contribution in [0.1, 0.15) is 24.0 Å². The summed E-state index contributed by atoms with van der Waals surface area (Å²) in [4.78, 5) is 24.1. The zero-order chi connectivity index (χ0) is 19.8. The summed E-state index contributed by atoms with van der Waals surface area (Å²) in [6, 6.07) is 14.4. The number of ether oxygens (including phenoxy) is 1. The molecule has 0 spiro atoms. The van der Waals surface area contributed by atoms with Gasteiger partial charge in [0.15, 0.2) is 0 Å². The largest absolute Gasteiger partial charge is 0.381 e. The zero-order valence-electron chi connectivity index (χ0n) is 15.5. The highest BCUT2D eigenvalue weighted by Crippen LogP contribution is 2.14. The lowest BCUT2D eigenvalue weighted by atomic mass is 10.0. The Morgan fingerprint density at radius 3 is 2.25 bits per heavy atom. The molecule has 0 aliphatic carbocycles. The Bertz CT molecular complexity index is 788. The first kappa shape index (κ1) is 20.2. The van der Waals surface area contributed by atoms with E-state index in [2.05, 4.69) is 16.0 Å². The van der Waals surface area contributed by atoms with E-state index in [1.165, 1.54) is 0 Å². The standard InChI is InChI=1S/C21H24ClN3O3/c22-18-7-3-15(4-8-18)13-24-21(27)25-19-9-5-16(6-10-19)12-23-20(26)17-2-1-11-28-14-17/h3-10,17H,1-2,11-14H2,(H,23,26)(H2,24,25,27). The molecule has 1 heterocycles. The van der Waals surface area contributed by atoms with E-state index in [-0.39, 0.29) is 17.9 Å². The minimum Gasteiger partial charge on any atom is -0.381 e. The second-order valence-corrected chi connectivity index (χ2v) is 7.20. The maximum Gasteiger partial charge on any atom is 0.319 e. The minimum atomic E-state index is -0.284. The Balaban J connectivity index is 1.41. The van der Waals surface area contributed by atoms with Crippen LogP contribution in [-0.4, -0.2) is 25.2 Å². The molecule has 2 aromatic rings. The van der Waals surface area contributed by atoms with Gasteiger partial charge in [0, 0.05) is 30.4 Å². The number of urea groups is 1. The number of nitrogens with one attached hydrogen (secondary N) is 3. The number of anilines is 1. The number of benzene rings is 2. The minimum absolute atomic E-state index is 0.0310. The van der Waals surface area contributed by atoms with Gasteiger partial charge in [0.05, 0.1) is 12.5 Å². The van der Waals surface area contributed by atoms with Crippen LogP contribution in [-0.2, 0) is 22.6 Å². The van der Waals surface area contributed by atoms with Gasteiger partial charge in [-0.25, -0.2) is 4.79 Å². The summed E-state index contributed by atoms with van der Waals surface area (Å²) in [7, 11) is 0. The van der Waals surface area contributed by atoms with Crippen molar-refractivity contribution >= 4 is 29.2 Å². The van der Waals surface area contributed by atoms with Gasteiger partial charge in [-0.2, -0.15) is 0 Å². The highest BCUT2D eigenvalue weighted by atomic mass is 35.5. The third-order valence-corrected chi connectivity index (χ3v) is 4.83. The van der Waals surface area contributed by atoms with Crippen LogP contribution in [0.2, 0.25) is 5.02 Å². The molecule has 2 aromatic carbocycles. The molecule has 1 fully saturated rings. The van der Waals surface area contributed by atoms with Crippen molar-refractivity contribution in [1.82, 2.24) is 10.6 Å². The van der Waals surface area contributed by atoms with Crippen molar-refractivity contribution in [3.05, 3.63) is 64.7 Å². The monoisotopic (exact) mass is 401 g/mol. The maximum absolute atomic E-state index is 12.1. The molecule has 7 heteroatoms. The molecule has 1 aliphatic rings. The molecule has 28 heavy (non-hydrogen) atoms. The van der Waals surface area contributed by atoms with Crippen molar-refractivity contribution in [3.63, 3.8) is 0 Å². The normalized spacial score (nSPS) is 16.2. The molecule has 3 rings (SSSR count). The van der Waals surface area contributed by atoms with Crippen molar-refractivity contribution in [2.45, 2.75) is 25.9 Å². The fourth-order valence-corrected chi connectivity index (χ4v) is 3.07. The van der Waals surface area contributed by atoms with Crippen LogP contribution in [0, 0.1) is 5.92 Å². The summed E-state index contributed by atoms with van der Waals surface area (Å²) in [6.45, 7) is 2.11. The number of hydrogen-bond acceptors (Lipinski definition) is 3. The first-order chi connectivity index (χ1) is 13.6. The van der Waals surface area contributed by atoms with Crippen LogP contribution >= 0.6 is 11.6 Å². The van der Waals surface area contributed by atoms with Gasteiger partial charge in [0.25, 0.3) is 0 Å². The van der Waals surface area contributed by atoms with E-state index in [4.69, 9.17) is 16.3 Å². The molecule has 6 nitrogen and oxygen atoms in total. The Hall–Kier alpha value is -2.57. The predicted octanol–water partition coefficient (Wildman–Crippen LogP) is 3.70. The van der Waals surface area contributed by atoms with Gasteiger partial charge < -0.3 is 20.7 Å². The van der Waals surface area contributed by atoms with E-state index < -0.39 is 0 Å². The number of amides is 3. The average molecular weight is 402 g/mol. The Morgan fingerprint density at radius 2 is 1.61 bits per heavy atom. The van der Waals surface area contributed by atoms with E-state index in [1.54, 1.807) is 12.1 Å². The molecule has 1 atom stereocenters. The summed E-state index contributed by atoms with van der Waals surface area (Å²) < 4.78 is 5.35. The summed E-state index contributed by atoms with van der Waals surface area (Å²) in [6.07, 6.45) is 1.80. The van der Waals surface area contributed by atoms with E-state index in [9.17, 15) is 9.59 Å². The van der Waals surface area contributed by atoms with Crippen LogP contribution in [0.4, 0.5) is 10.5 Å². The van der Waals surface area contributed by atoms with Crippen LogP contribution in [0.3, 0.4) is 0 Å². The second kappa shape index (κ2) is 10.1. The molecule has 3 N–H and O–H groups in total. The van der Waals surface area contributed by atoms with Gasteiger partial charge in [-0.15, -0.1) is 0 Å². The lowest BCUT2D eigenvalue weighted by molar-refractivity contribution is -0.129. The van der Waals surface area contributed by atoms with E-state index in [0.29, 0.717) is 30.4 Å². The SMILES string of the molecule is O=C(NCc1ccc(Cl)cc1)Nc1ccc(CNC(=O)C2CCCOC2)cc1. The molecule has 3 amide bonds. The predicted molar refractivity (Wildman–Crippen MR) is 109 cm³/mol. The first-order valence-corrected chi connectivity index (χ1v) is 9.71. The van der Waals surface area contributed by atoms with Crippen molar-refractivity contribution in [1.29, 1.82) is 0 Å². The van der Waals surface area contributed by atoms with Crippen LogP contribution in [0.25, 0.3) is 0 Å². The molecular weight excluding hydrogens is 378 g/mol. The second-order valence-electron chi connectivity index (χ2n) is 6.76. The van der Waals surface area contributed by atoms with Gasteiger partial charge in [-0.05, 0) is 48.2 Å². The van der Waals surface area contributed by atoms with E-state index in [1.807, 2.05) is 36.4 Å². The van der Waals surface area contributed by atoms with Crippen molar-refractivity contribution in [3.8, 4) is 0 Å². The highest BCUT2D eigenvalue weighted by molar-refractivity contribution is 6.30. The van der Waals surface area contributed by atoms with Gasteiger partial charge in [0.1, 0.15) is 0 Å². The van der Waals surface area contributed by atoms with Gasteiger partial charge in [0.2, 0.25) is 5.91 Å². The molecule has 0 radical (unpaired) electrons. The fourth-order valence-electron chi connectivity index (χ4n) is 2.95. The van der Waals surface area contributed by atoms with Gasteiger partial charge in [-0.1, -0.05) is 35.9 Å². The van der Waals surface area contributed by atoms with Crippen molar-refractivity contribution in [2.24, 2.45) is 5.92 Å². The van der Waals surface area contributed by atoms with Crippen LogP contribution in [0.15, 0.2) is 48.5 Å². The van der Waals surface area contributed by atoms with Gasteiger partial charge >= 0.3 is 6.03 Å². The molecule has 0 aromatic heterocycles. The topological polar surface area (TPSA) is 79.5 Å². The molecule has 0 bridgehead atoms. The van der Waals surface area contributed by atoms with Crippen LogP contribution in [0.5, 0.6) is 0 Å². The number of carbonyl (C=O) groups is 2. The zero-order valence-corrected chi connectivity index (χ0v) is 16.3. The first-order valence-electron chi connectivity index (χ1n) is 9.34. The number of rotatable bonds is 6. The quantitative estimate of drug-likeness (QED) is 0.690. The number of hydrogen-bond donors (Lipinski definition) is 3. The lowest BCUT2D eigenvalue weighted by Crippen LogP contribution is -2.35. The molecule has 1 unspecified atom stereocenters. The van der Waals surface area contributed by atoms with Crippen molar-refractivity contribution in [2.75, 3.05) is 18.5 Å². The Labute approximate surface area is 169 Å². The van der Waals surface area contributed by atoms with E-state index >= 15 is 0 Å². The Kier molecular flexibility index (Phi) is 7.28. The van der Waals surface area contributed by atoms with Gasteiger partial charge in [-0.3, -0.25) is 4.79 Å². The fraction of sp³-hybridized carbons (Fsp3) is 0.333. The third-order valence-electron chi connectivity index (χ3n) is 4.58. The number of carbonyl (C=O) groups excluding carboxylic acids is 2. The van der Waals surface area contributed by atoms with Crippen LogP contribution < -0.4 is 16.0 Å². The van der Waals surface area contributed by atoms with Crippen molar-refractivity contribution < 1.29 is 14.3 Å². The summed E-state index contributed by atoms with van der Waals surface area (Å²) in [5, 5.41) is 9.19. The summed E-state index contributed by atoms with van der Waals surface area (Å²) >= 11 is 5.85. The average Bonchev–Trinajstić information content (AvgIpc) is 2.73. The smallest absolute Gasteiger partial charge is 0.319 e. The lowest BCUT2D eigenvalue weighted by Gasteiger charge is -2.21. The molecule has 1 aliphatic heterocycles. The number of halogens is 1. The third kappa shape index (κ3) is 6.25. The maximum atomic E-state index is 12.1. The molecule has 1 saturated heterocycles. The summed E-state index contributed by atoms with van der Waals surface area (Å²) in [5.74, 6) is -0.0255. The Morgan fingerprint density at radius 1 is 0.964 bits per heavy atom. The molecule has 0 saturated carbocycles. The summed E-state index contributed by atoms with van der Waals surface area (Å²) in [5.41, 5.74) is 2.62. The van der Waals surface area contributed by atoms with E-state index in [0.717, 1.165) is 30.6 Å².